The molecule has 0 spiro atoms. The zero-order valence-electron chi connectivity index (χ0n) is 12.3. The van der Waals surface area contributed by atoms with E-state index in [0.717, 1.165) is 35.5 Å². The van der Waals surface area contributed by atoms with Crippen LogP contribution in [0.25, 0.3) is 0 Å². The molecule has 2 nitrogen and oxygen atoms in total. The highest BCUT2D eigenvalue weighted by Gasteiger charge is 2.33. The van der Waals surface area contributed by atoms with Crippen LogP contribution in [0.15, 0.2) is 42.5 Å². The zero-order chi connectivity index (χ0) is 14.9. The Labute approximate surface area is 131 Å². The van der Waals surface area contributed by atoms with E-state index in [1.165, 1.54) is 11.1 Å². The van der Waals surface area contributed by atoms with Crippen molar-refractivity contribution in [1.29, 1.82) is 0 Å². The van der Waals surface area contributed by atoms with Gasteiger partial charge in [-0.2, -0.15) is 0 Å². The number of halogens is 1. The Morgan fingerprint density at radius 1 is 1.19 bits per heavy atom. The number of aryl methyl sites for hydroxylation is 2. The summed E-state index contributed by atoms with van der Waals surface area (Å²) >= 11 is 6.23. The van der Waals surface area contributed by atoms with Crippen molar-refractivity contribution in [2.45, 2.75) is 31.7 Å². The molecule has 1 unspecified atom stereocenters. The number of fused-ring (bicyclic) bond motifs is 1. The van der Waals surface area contributed by atoms with Gasteiger partial charge in [-0.1, -0.05) is 41.9 Å². The van der Waals surface area contributed by atoms with E-state index in [1.807, 2.05) is 19.1 Å². The second kappa shape index (κ2) is 5.70. The summed E-state index contributed by atoms with van der Waals surface area (Å²) < 4.78 is 0. The molecule has 0 aliphatic heterocycles. The Morgan fingerprint density at radius 3 is 2.67 bits per heavy atom. The van der Waals surface area contributed by atoms with Crippen molar-refractivity contribution < 1.29 is 0 Å². The highest BCUT2D eigenvalue weighted by Crippen LogP contribution is 2.32. The predicted octanol–water partition coefficient (Wildman–Crippen LogP) is 3.95. The number of nitrogens with one attached hydrogen (secondary N) is 1. The van der Waals surface area contributed by atoms with Crippen molar-refractivity contribution >= 4 is 17.3 Å². The molecule has 0 saturated carbocycles. The first kappa shape index (κ1) is 14.4. The molecular weight excluding hydrogens is 280 g/mol. The van der Waals surface area contributed by atoms with Gasteiger partial charge >= 0.3 is 0 Å². The Bertz CT molecular complexity index is 653. The van der Waals surface area contributed by atoms with Gasteiger partial charge in [0.1, 0.15) is 0 Å². The standard InChI is InChI=1S/C18H21ClN2/c1-13-6-7-16(10-17(13)19)21-18(12-20)9-8-14-4-2-3-5-15(14)11-18/h2-7,10,21H,8-9,11-12,20H2,1H3. The molecule has 0 aromatic heterocycles. The van der Waals surface area contributed by atoms with Gasteiger partial charge in [-0.05, 0) is 55.0 Å². The van der Waals surface area contributed by atoms with E-state index in [0.29, 0.717) is 6.54 Å². The molecule has 21 heavy (non-hydrogen) atoms. The predicted molar refractivity (Wildman–Crippen MR) is 90.1 cm³/mol. The number of hydrogen-bond acceptors (Lipinski definition) is 2. The first-order valence-corrected chi connectivity index (χ1v) is 7.81. The molecule has 3 N–H and O–H groups in total. The summed E-state index contributed by atoms with van der Waals surface area (Å²) in [4.78, 5) is 0. The minimum absolute atomic E-state index is 0.0764. The molecule has 2 aromatic rings. The van der Waals surface area contributed by atoms with Crippen LogP contribution in [-0.4, -0.2) is 12.1 Å². The largest absolute Gasteiger partial charge is 0.378 e. The first-order valence-electron chi connectivity index (χ1n) is 7.43. The highest BCUT2D eigenvalue weighted by molar-refractivity contribution is 6.31. The molecule has 0 heterocycles. The number of benzene rings is 2. The first-order chi connectivity index (χ1) is 10.1. The lowest BCUT2D eigenvalue weighted by molar-refractivity contribution is 0.417. The number of hydrogen-bond donors (Lipinski definition) is 2. The third-order valence-corrected chi connectivity index (χ3v) is 4.90. The molecule has 1 aliphatic carbocycles. The van der Waals surface area contributed by atoms with Gasteiger partial charge in [-0.15, -0.1) is 0 Å². The van der Waals surface area contributed by atoms with E-state index in [9.17, 15) is 0 Å². The van der Waals surface area contributed by atoms with Crippen molar-refractivity contribution in [3.05, 3.63) is 64.2 Å². The van der Waals surface area contributed by atoms with Crippen molar-refractivity contribution in [3.63, 3.8) is 0 Å². The Hall–Kier alpha value is -1.51. The fourth-order valence-electron chi connectivity index (χ4n) is 3.11. The number of anilines is 1. The summed E-state index contributed by atoms with van der Waals surface area (Å²) in [7, 11) is 0. The zero-order valence-corrected chi connectivity index (χ0v) is 13.1. The monoisotopic (exact) mass is 300 g/mol. The maximum Gasteiger partial charge on any atom is 0.0539 e. The van der Waals surface area contributed by atoms with E-state index >= 15 is 0 Å². The van der Waals surface area contributed by atoms with Gasteiger partial charge in [0, 0.05) is 17.3 Å². The maximum absolute atomic E-state index is 6.23. The molecule has 110 valence electrons. The number of nitrogens with two attached hydrogens (primary N) is 1. The summed E-state index contributed by atoms with van der Waals surface area (Å²) in [6.07, 6.45) is 3.08. The quantitative estimate of drug-likeness (QED) is 0.901. The van der Waals surface area contributed by atoms with Gasteiger partial charge < -0.3 is 11.1 Å². The third kappa shape index (κ3) is 2.92. The van der Waals surface area contributed by atoms with Gasteiger partial charge in [-0.25, -0.2) is 0 Å². The van der Waals surface area contributed by atoms with Crippen LogP contribution in [0.5, 0.6) is 0 Å². The molecule has 1 aliphatic rings. The van der Waals surface area contributed by atoms with Gasteiger partial charge in [0.05, 0.1) is 5.54 Å². The van der Waals surface area contributed by atoms with Crippen LogP contribution in [0.1, 0.15) is 23.1 Å². The lowest BCUT2D eigenvalue weighted by Crippen LogP contribution is -2.49. The van der Waals surface area contributed by atoms with Crippen LogP contribution in [0.4, 0.5) is 5.69 Å². The molecule has 0 fully saturated rings. The minimum Gasteiger partial charge on any atom is -0.378 e. The van der Waals surface area contributed by atoms with Crippen LogP contribution in [0, 0.1) is 6.92 Å². The summed E-state index contributed by atoms with van der Waals surface area (Å²) in [5.74, 6) is 0. The summed E-state index contributed by atoms with van der Waals surface area (Å²) in [6, 6.07) is 14.8. The van der Waals surface area contributed by atoms with Crippen LogP contribution in [0.2, 0.25) is 5.02 Å². The Balaban J connectivity index is 1.86. The van der Waals surface area contributed by atoms with E-state index in [1.54, 1.807) is 0 Å². The van der Waals surface area contributed by atoms with Crippen molar-refractivity contribution in [1.82, 2.24) is 0 Å². The fourth-order valence-corrected chi connectivity index (χ4v) is 3.29. The van der Waals surface area contributed by atoms with Gasteiger partial charge in [0.15, 0.2) is 0 Å². The normalized spacial score (nSPS) is 20.9. The van der Waals surface area contributed by atoms with Gasteiger partial charge in [0.2, 0.25) is 0 Å². The Morgan fingerprint density at radius 2 is 1.95 bits per heavy atom. The molecular formula is C18H21ClN2. The second-order valence-corrected chi connectivity index (χ2v) is 6.43. The van der Waals surface area contributed by atoms with Crippen LogP contribution in [-0.2, 0) is 12.8 Å². The average molecular weight is 301 g/mol. The maximum atomic E-state index is 6.23. The smallest absolute Gasteiger partial charge is 0.0539 e. The second-order valence-electron chi connectivity index (χ2n) is 6.02. The molecule has 3 rings (SSSR count). The fraction of sp³-hybridized carbons (Fsp3) is 0.333. The average Bonchev–Trinajstić information content (AvgIpc) is 2.51. The van der Waals surface area contributed by atoms with Crippen molar-refractivity contribution in [2.24, 2.45) is 5.73 Å². The lowest BCUT2D eigenvalue weighted by Gasteiger charge is -2.39. The van der Waals surface area contributed by atoms with Crippen LogP contribution >= 0.6 is 11.6 Å². The molecule has 2 aromatic carbocycles. The molecule has 0 amide bonds. The van der Waals surface area contributed by atoms with E-state index in [-0.39, 0.29) is 5.54 Å². The lowest BCUT2D eigenvalue weighted by atomic mass is 9.77. The molecule has 0 radical (unpaired) electrons. The van der Waals surface area contributed by atoms with Crippen molar-refractivity contribution in [3.8, 4) is 0 Å². The number of rotatable bonds is 3. The third-order valence-electron chi connectivity index (χ3n) is 4.49. The van der Waals surface area contributed by atoms with Gasteiger partial charge in [0.25, 0.3) is 0 Å². The van der Waals surface area contributed by atoms with Crippen LogP contribution < -0.4 is 11.1 Å². The highest BCUT2D eigenvalue weighted by atomic mass is 35.5. The summed E-state index contributed by atoms with van der Waals surface area (Å²) in [5.41, 5.74) is 11.0. The molecule has 0 bridgehead atoms. The molecule has 3 heteroatoms. The molecule has 1 atom stereocenters. The van der Waals surface area contributed by atoms with Crippen LogP contribution in [0.3, 0.4) is 0 Å². The van der Waals surface area contributed by atoms with E-state index in [2.05, 4.69) is 35.6 Å². The Kier molecular flexibility index (Phi) is 3.92. The van der Waals surface area contributed by atoms with Gasteiger partial charge in [-0.3, -0.25) is 0 Å². The molecule has 0 saturated heterocycles. The topological polar surface area (TPSA) is 38.0 Å². The van der Waals surface area contributed by atoms with E-state index < -0.39 is 0 Å². The minimum atomic E-state index is -0.0764. The van der Waals surface area contributed by atoms with Crippen molar-refractivity contribution in [2.75, 3.05) is 11.9 Å². The van der Waals surface area contributed by atoms with E-state index in [4.69, 9.17) is 17.3 Å². The summed E-state index contributed by atoms with van der Waals surface area (Å²) in [6.45, 7) is 2.63. The SMILES string of the molecule is Cc1ccc(NC2(CN)CCc3ccccc3C2)cc1Cl. The summed E-state index contributed by atoms with van der Waals surface area (Å²) in [5, 5.41) is 4.44.